The second-order valence-electron chi connectivity index (χ2n) is 6.81. The Labute approximate surface area is 167 Å². The van der Waals surface area contributed by atoms with Crippen LogP contribution in [0.2, 0.25) is 0 Å². The molecule has 0 saturated carbocycles. The number of rotatable bonds is 3. The van der Waals surface area contributed by atoms with Crippen molar-refractivity contribution in [3.05, 3.63) is 119 Å². The zero-order chi connectivity index (χ0) is 19.6. The van der Waals surface area contributed by atoms with Gasteiger partial charge in [-0.15, -0.1) is 11.8 Å². The molecule has 0 bridgehead atoms. The maximum Gasteiger partial charge on any atom is 0.416 e. The number of hydrogen-bond acceptors (Lipinski definition) is 1. The summed E-state index contributed by atoms with van der Waals surface area (Å²) in [5.74, 6) is 0.595. The van der Waals surface area contributed by atoms with Crippen molar-refractivity contribution >= 4 is 11.8 Å². The maximum atomic E-state index is 13.4. The van der Waals surface area contributed by atoms with E-state index in [0.717, 1.165) is 22.9 Å². The molecular weight excluding hydrogens is 377 g/mol. The smallest absolute Gasteiger partial charge is 0.166 e. The lowest BCUT2D eigenvalue weighted by Gasteiger charge is -2.42. The number of halogens is 3. The van der Waals surface area contributed by atoms with Gasteiger partial charge in [-0.1, -0.05) is 91.0 Å². The van der Waals surface area contributed by atoms with Gasteiger partial charge in [-0.3, -0.25) is 0 Å². The molecule has 0 N–H and O–H groups in total. The van der Waals surface area contributed by atoms with Crippen LogP contribution in [0.3, 0.4) is 0 Å². The Bertz CT molecular complexity index is 922. The lowest BCUT2D eigenvalue weighted by molar-refractivity contribution is -0.137. The lowest BCUT2D eigenvalue weighted by atomic mass is 9.75. The molecule has 1 atom stereocenters. The first-order chi connectivity index (χ1) is 13.5. The zero-order valence-electron chi connectivity index (χ0n) is 15.1. The summed E-state index contributed by atoms with van der Waals surface area (Å²) >= 11 is 1.77. The fourth-order valence-corrected chi connectivity index (χ4v) is 5.38. The van der Waals surface area contributed by atoms with E-state index in [0.29, 0.717) is 5.56 Å². The standard InChI is InChI=1S/C24H19F3S/c25-24(26,27)21-14-7-9-18(17-21)22-15-8-16-28-23(22,19-10-3-1-4-11-19)20-12-5-2-6-13-20/h1-15,17,22H,16H2. The summed E-state index contributed by atoms with van der Waals surface area (Å²) in [6.07, 6.45) is -0.241. The van der Waals surface area contributed by atoms with Crippen molar-refractivity contribution in [2.24, 2.45) is 0 Å². The van der Waals surface area contributed by atoms with Crippen molar-refractivity contribution < 1.29 is 13.2 Å². The molecule has 0 amide bonds. The van der Waals surface area contributed by atoms with Crippen LogP contribution < -0.4 is 0 Å². The van der Waals surface area contributed by atoms with Gasteiger partial charge in [0.15, 0.2) is 0 Å². The van der Waals surface area contributed by atoms with Gasteiger partial charge in [0.05, 0.1) is 10.3 Å². The molecule has 0 nitrogen and oxygen atoms in total. The number of alkyl halides is 3. The number of thioether (sulfide) groups is 1. The highest BCUT2D eigenvalue weighted by molar-refractivity contribution is 8.00. The van der Waals surface area contributed by atoms with E-state index < -0.39 is 16.5 Å². The third-order valence-electron chi connectivity index (χ3n) is 5.15. The van der Waals surface area contributed by atoms with Crippen molar-refractivity contribution in [2.45, 2.75) is 16.8 Å². The van der Waals surface area contributed by atoms with Crippen molar-refractivity contribution in [3.63, 3.8) is 0 Å². The molecule has 0 spiro atoms. The fraction of sp³-hybridized carbons (Fsp3) is 0.167. The highest BCUT2D eigenvalue weighted by atomic mass is 32.2. The van der Waals surface area contributed by atoms with Crippen LogP contribution in [0.15, 0.2) is 97.1 Å². The van der Waals surface area contributed by atoms with Crippen molar-refractivity contribution in [1.82, 2.24) is 0 Å². The van der Waals surface area contributed by atoms with Gasteiger partial charge >= 0.3 is 6.18 Å². The Morgan fingerprint density at radius 1 is 0.786 bits per heavy atom. The van der Waals surface area contributed by atoms with Crippen LogP contribution in [0.5, 0.6) is 0 Å². The first-order valence-corrected chi connectivity index (χ1v) is 10.1. The minimum absolute atomic E-state index is 0.210. The summed E-state index contributed by atoms with van der Waals surface area (Å²) in [7, 11) is 0. The molecule has 0 aromatic heterocycles. The second kappa shape index (κ2) is 7.51. The van der Waals surface area contributed by atoms with Crippen LogP contribution in [0, 0.1) is 0 Å². The highest BCUT2D eigenvalue weighted by Crippen LogP contribution is 2.55. The average Bonchev–Trinajstić information content (AvgIpc) is 2.74. The summed E-state index contributed by atoms with van der Waals surface area (Å²) in [5.41, 5.74) is 2.26. The van der Waals surface area contributed by atoms with Gasteiger partial charge in [0.1, 0.15) is 0 Å². The van der Waals surface area contributed by atoms with Crippen LogP contribution in [-0.2, 0) is 10.9 Å². The van der Waals surface area contributed by atoms with E-state index in [-0.39, 0.29) is 5.92 Å². The van der Waals surface area contributed by atoms with Crippen LogP contribution in [0.25, 0.3) is 0 Å². The first kappa shape index (κ1) is 18.9. The summed E-state index contributed by atoms with van der Waals surface area (Å²) in [6, 6.07) is 25.9. The number of hydrogen-bond donors (Lipinski definition) is 0. The minimum atomic E-state index is -4.36. The molecule has 1 unspecified atom stereocenters. The molecule has 0 radical (unpaired) electrons. The van der Waals surface area contributed by atoms with Crippen molar-refractivity contribution in [1.29, 1.82) is 0 Å². The Morgan fingerprint density at radius 3 is 1.96 bits per heavy atom. The fourth-order valence-electron chi connectivity index (χ4n) is 3.91. The van der Waals surface area contributed by atoms with Gasteiger partial charge < -0.3 is 0 Å². The molecule has 4 rings (SSSR count). The average molecular weight is 396 g/mol. The molecule has 3 aromatic rings. The molecule has 28 heavy (non-hydrogen) atoms. The van der Waals surface area contributed by atoms with Gasteiger partial charge in [0.25, 0.3) is 0 Å². The number of benzene rings is 3. The first-order valence-electron chi connectivity index (χ1n) is 9.10. The largest absolute Gasteiger partial charge is 0.416 e. The Balaban J connectivity index is 1.94. The van der Waals surface area contributed by atoms with Crippen LogP contribution in [-0.4, -0.2) is 5.75 Å². The quantitative estimate of drug-likeness (QED) is 0.428. The second-order valence-corrected chi connectivity index (χ2v) is 8.07. The molecule has 0 fully saturated rings. The van der Waals surface area contributed by atoms with Crippen LogP contribution in [0.1, 0.15) is 28.2 Å². The summed E-state index contributed by atoms with van der Waals surface area (Å²) in [4.78, 5) is 0. The molecule has 1 aliphatic rings. The highest BCUT2D eigenvalue weighted by Gasteiger charge is 2.44. The van der Waals surface area contributed by atoms with E-state index in [2.05, 4.69) is 36.4 Å². The maximum absolute atomic E-state index is 13.4. The lowest BCUT2D eigenvalue weighted by Crippen LogP contribution is -2.33. The summed E-state index contributed by atoms with van der Waals surface area (Å²) in [6.45, 7) is 0. The molecule has 1 aliphatic heterocycles. The molecule has 0 aliphatic carbocycles. The van der Waals surface area contributed by atoms with Crippen LogP contribution >= 0.6 is 11.8 Å². The third-order valence-corrected chi connectivity index (χ3v) is 6.69. The normalized spacial score (nSPS) is 18.8. The molecule has 1 heterocycles. The van der Waals surface area contributed by atoms with Gasteiger partial charge in [0.2, 0.25) is 0 Å². The van der Waals surface area contributed by atoms with Crippen molar-refractivity contribution in [2.75, 3.05) is 5.75 Å². The summed E-state index contributed by atoms with van der Waals surface area (Å²) < 4.78 is 39.6. The van der Waals surface area contributed by atoms with Gasteiger partial charge in [0, 0.05) is 11.7 Å². The molecule has 142 valence electrons. The molecule has 3 aromatic carbocycles. The SMILES string of the molecule is FC(F)(F)c1cccc(C2C=CCSC2(c2ccccc2)c2ccccc2)c1. The topological polar surface area (TPSA) is 0 Å². The number of allylic oxidation sites excluding steroid dienone is 1. The van der Waals surface area contributed by atoms with Crippen LogP contribution in [0.4, 0.5) is 13.2 Å². The van der Waals surface area contributed by atoms with Gasteiger partial charge in [-0.05, 0) is 22.8 Å². The molecule has 4 heteroatoms. The Hall–Kier alpha value is -2.46. The minimum Gasteiger partial charge on any atom is -0.166 e. The van der Waals surface area contributed by atoms with E-state index in [1.165, 1.54) is 12.1 Å². The molecular formula is C24H19F3S. The predicted molar refractivity (Wildman–Crippen MR) is 109 cm³/mol. The Morgan fingerprint density at radius 2 is 1.39 bits per heavy atom. The summed E-state index contributed by atoms with van der Waals surface area (Å²) in [5, 5.41) is 0. The van der Waals surface area contributed by atoms with Crippen molar-refractivity contribution in [3.8, 4) is 0 Å². The monoisotopic (exact) mass is 396 g/mol. The Kier molecular flexibility index (Phi) is 5.07. The molecule has 0 saturated heterocycles. The van der Waals surface area contributed by atoms with E-state index >= 15 is 0 Å². The van der Waals surface area contributed by atoms with E-state index in [1.807, 2.05) is 36.4 Å². The van der Waals surface area contributed by atoms with E-state index in [9.17, 15) is 13.2 Å². The van der Waals surface area contributed by atoms with E-state index in [4.69, 9.17) is 0 Å². The predicted octanol–water partition coefficient (Wildman–Crippen LogP) is 7.04. The van der Waals surface area contributed by atoms with Gasteiger partial charge in [-0.2, -0.15) is 13.2 Å². The zero-order valence-corrected chi connectivity index (χ0v) is 15.9. The third kappa shape index (κ3) is 3.37. The van der Waals surface area contributed by atoms with E-state index in [1.54, 1.807) is 17.8 Å². The van der Waals surface area contributed by atoms with Gasteiger partial charge in [-0.25, -0.2) is 0 Å².